The van der Waals surface area contributed by atoms with E-state index in [1.54, 1.807) is 25.7 Å². The summed E-state index contributed by atoms with van der Waals surface area (Å²) in [4.78, 5) is 37.2. The lowest BCUT2D eigenvalue weighted by Crippen LogP contribution is -2.31. The van der Waals surface area contributed by atoms with Crippen molar-refractivity contribution in [2.24, 2.45) is 11.3 Å². The maximum atomic E-state index is 12.5. The third kappa shape index (κ3) is 2.41. The van der Waals surface area contributed by atoms with Gasteiger partial charge in [-0.05, 0) is 0 Å². The van der Waals surface area contributed by atoms with Gasteiger partial charge in [0.2, 0.25) is 5.91 Å². The molecule has 1 amide bonds. The molecule has 6 heteroatoms. The summed E-state index contributed by atoms with van der Waals surface area (Å²) in [5, 5.41) is 9.62. The summed E-state index contributed by atoms with van der Waals surface area (Å²) in [6.45, 7) is 5.92. The first-order chi connectivity index (χ1) is 8.73. The highest BCUT2D eigenvalue weighted by Gasteiger charge is 2.47. The molecule has 5 nitrogen and oxygen atoms in total. The number of carbonyl (C=O) groups is 3. The normalized spacial score (nSPS) is 23.0. The number of carbonyl (C=O) groups excluding carboxylic acids is 2. The quantitative estimate of drug-likeness (QED) is 0.849. The van der Waals surface area contributed by atoms with Gasteiger partial charge in [0.25, 0.3) is 0 Å². The van der Waals surface area contributed by atoms with Crippen LogP contribution in [0.25, 0.3) is 0 Å². The number of thioether (sulfide) groups is 1. The van der Waals surface area contributed by atoms with Crippen molar-refractivity contribution in [2.45, 2.75) is 27.2 Å². The Morgan fingerprint density at radius 2 is 2.05 bits per heavy atom. The van der Waals surface area contributed by atoms with Gasteiger partial charge in [0.05, 0.1) is 17.4 Å². The molecular weight excluding hydrogens is 266 g/mol. The molecule has 0 aromatic rings. The van der Waals surface area contributed by atoms with Crippen LogP contribution in [-0.2, 0) is 14.4 Å². The van der Waals surface area contributed by atoms with E-state index in [0.29, 0.717) is 17.1 Å². The van der Waals surface area contributed by atoms with Crippen molar-refractivity contribution >= 4 is 29.4 Å². The fourth-order valence-electron chi connectivity index (χ4n) is 2.33. The standard InChI is InChI=1S/C13H17NO4S/c1-13(2,3)10(17)9-7(6-8(15)16)11(18)14-4-5-19-12(9)14/h7H,4-6H2,1-3H3,(H,15,16)/t7-/m1/s1. The lowest BCUT2D eigenvalue weighted by atomic mass is 9.81. The van der Waals surface area contributed by atoms with E-state index >= 15 is 0 Å². The van der Waals surface area contributed by atoms with E-state index in [1.165, 1.54) is 11.8 Å². The summed E-state index contributed by atoms with van der Waals surface area (Å²) >= 11 is 1.47. The van der Waals surface area contributed by atoms with Crippen LogP contribution in [0.1, 0.15) is 27.2 Å². The summed E-state index contributed by atoms with van der Waals surface area (Å²) in [5.74, 6) is -1.47. The number of hydrogen-bond acceptors (Lipinski definition) is 4. The van der Waals surface area contributed by atoms with E-state index < -0.39 is 17.3 Å². The van der Waals surface area contributed by atoms with Crippen LogP contribution in [0.5, 0.6) is 0 Å². The van der Waals surface area contributed by atoms with Crippen LogP contribution < -0.4 is 0 Å². The largest absolute Gasteiger partial charge is 0.481 e. The Labute approximate surface area is 116 Å². The lowest BCUT2D eigenvalue weighted by molar-refractivity contribution is -0.142. The topological polar surface area (TPSA) is 74.7 Å². The third-order valence-electron chi connectivity index (χ3n) is 3.25. The maximum absolute atomic E-state index is 12.5. The zero-order chi connectivity index (χ0) is 14.4. The fraction of sp³-hybridized carbons (Fsp3) is 0.615. The molecule has 0 aromatic carbocycles. The number of carboxylic acid groups (broad SMARTS) is 1. The van der Waals surface area contributed by atoms with Gasteiger partial charge < -0.3 is 10.0 Å². The van der Waals surface area contributed by atoms with Crippen LogP contribution in [0, 0.1) is 11.3 Å². The molecular formula is C13H17NO4S. The van der Waals surface area contributed by atoms with Crippen molar-refractivity contribution in [1.82, 2.24) is 4.90 Å². The van der Waals surface area contributed by atoms with Crippen LogP contribution in [0.2, 0.25) is 0 Å². The molecule has 0 saturated carbocycles. The van der Waals surface area contributed by atoms with Crippen molar-refractivity contribution in [3.63, 3.8) is 0 Å². The Kier molecular flexibility index (Phi) is 3.47. The van der Waals surface area contributed by atoms with Crippen molar-refractivity contribution in [3.8, 4) is 0 Å². The Morgan fingerprint density at radius 1 is 1.42 bits per heavy atom. The Hall–Kier alpha value is -1.30. The minimum atomic E-state index is -1.05. The van der Waals surface area contributed by atoms with Crippen molar-refractivity contribution in [3.05, 3.63) is 10.6 Å². The number of fused-ring (bicyclic) bond motifs is 1. The molecule has 104 valence electrons. The van der Waals surface area contributed by atoms with Crippen molar-refractivity contribution < 1.29 is 19.5 Å². The van der Waals surface area contributed by atoms with Gasteiger partial charge in [-0.25, -0.2) is 0 Å². The number of rotatable bonds is 3. The predicted molar refractivity (Wildman–Crippen MR) is 71.4 cm³/mol. The monoisotopic (exact) mass is 283 g/mol. The second-order valence-corrected chi connectivity index (χ2v) is 6.87. The summed E-state index contributed by atoms with van der Waals surface area (Å²) in [6, 6.07) is 0. The second kappa shape index (κ2) is 4.67. The van der Waals surface area contributed by atoms with Gasteiger partial charge >= 0.3 is 5.97 Å². The van der Waals surface area contributed by atoms with E-state index in [0.717, 1.165) is 5.75 Å². The average Bonchev–Trinajstić information content (AvgIpc) is 2.81. The third-order valence-corrected chi connectivity index (χ3v) is 4.35. The van der Waals surface area contributed by atoms with Gasteiger partial charge in [0, 0.05) is 23.3 Å². The number of aliphatic carboxylic acids is 1. The molecule has 0 aliphatic carbocycles. The predicted octanol–water partition coefficient (Wildman–Crippen LogP) is 1.49. The molecule has 1 fully saturated rings. The van der Waals surface area contributed by atoms with Crippen molar-refractivity contribution in [1.29, 1.82) is 0 Å². The number of hydrogen-bond donors (Lipinski definition) is 1. The number of carboxylic acids is 1. The zero-order valence-corrected chi connectivity index (χ0v) is 12.0. The highest BCUT2D eigenvalue weighted by molar-refractivity contribution is 8.03. The van der Waals surface area contributed by atoms with Gasteiger partial charge in [-0.2, -0.15) is 0 Å². The van der Waals surface area contributed by atoms with Crippen LogP contribution in [0.15, 0.2) is 10.6 Å². The Bertz CT molecular complexity index is 489. The van der Waals surface area contributed by atoms with Crippen LogP contribution in [0.4, 0.5) is 0 Å². The molecule has 1 N–H and O–H groups in total. The number of nitrogens with zero attached hydrogens (tertiary/aromatic N) is 1. The van der Waals surface area contributed by atoms with E-state index in [9.17, 15) is 14.4 Å². The number of ketones is 1. The molecule has 2 heterocycles. The SMILES string of the molecule is CC(C)(C)C(=O)C1=C2SCCN2C(=O)[C@@H]1CC(=O)O. The molecule has 2 aliphatic heterocycles. The Morgan fingerprint density at radius 3 is 2.58 bits per heavy atom. The van der Waals surface area contributed by atoms with Gasteiger partial charge in [-0.1, -0.05) is 20.8 Å². The first kappa shape index (κ1) is 14.1. The van der Waals surface area contributed by atoms with Gasteiger partial charge in [0.15, 0.2) is 5.78 Å². The second-order valence-electron chi connectivity index (χ2n) is 5.79. The van der Waals surface area contributed by atoms with E-state index in [1.807, 2.05) is 0 Å². The van der Waals surface area contributed by atoms with Crippen LogP contribution >= 0.6 is 11.8 Å². The molecule has 1 saturated heterocycles. The Balaban J connectivity index is 2.44. The molecule has 2 aliphatic rings. The van der Waals surface area contributed by atoms with Gasteiger partial charge in [0.1, 0.15) is 0 Å². The molecule has 19 heavy (non-hydrogen) atoms. The molecule has 0 unspecified atom stereocenters. The lowest BCUT2D eigenvalue weighted by Gasteiger charge is -2.20. The van der Waals surface area contributed by atoms with Gasteiger partial charge in [-0.3, -0.25) is 14.4 Å². The highest BCUT2D eigenvalue weighted by Crippen LogP contribution is 2.44. The smallest absolute Gasteiger partial charge is 0.304 e. The molecule has 2 rings (SSSR count). The highest BCUT2D eigenvalue weighted by atomic mass is 32.2. The maximum Gasteiger partial charge on any atom is 0.304 e. The molecule has 0 bridgehead atoms. The van der Waals surface area contributed by atoms with Crippen LogP contribution in [0.3, 0.4) is 0 Å². The zero-order valence-electron chi connectivity index (χ0n) is 11.2. The summed E-state index contributed by atoms with van der Waals surface area (Å²) in [6.07, 6.45) is -0.309. The minimum absolute atomic E-state index is 0.126. The van der Waals surface area contributed by atoms with E-state index in [-0.39, 0.29) is 18.1 Å². The average molecular weight is 283 g/mol. The molecule has 0 spiro atoms. The van der Waals surface area contributed by atoms with Crippen molar-refractivity contribution in [2.75, 3.05) is 12.3 Å². The minimum Gasteiger partial charge on any atom is -0.481 e. The fourth-order valence-corrected chi connectivity index (χ4v) is 3.53. The number of Topliss-reactive ketones (excluding diaryl/α,β-unsaturated/α-hetero) is 1. The van der Waals surface area contributed by atoms with E-state index in [2.05, 4.69) is 0 Å². The summed E-state index contributed by atoms with van der Waals surface area (Å²) in [5.41, 5.74) is -0.208. The van der Waals surface area contributed by atoms with Crippen LogP contribution in [-0.4, -0.2) is 40.0 Å². The molecule has 1 atom stereocenters. The first-order valence-corrected chi connectivity index (χ1v) is 7.17. The first-order valence-electron chi connectivity index (χ1n) is 6.18. The molecule has 0 radical (unpaired) electrons. The number of amides is 1. The van der Waals surface area contributed by atoms with E-state index in [4.69, 9.17) is 5.11 Å². The summed E-state index contributed by atoms with van der Waals surface area (Å²) in [7, 11) is 0. The summed E-state index contributed by atoms with van der Waals surface area (Å²) < 4.78 is 0. The van der Waals surface area contributed by atoms with Gasteiger partial charge in [-0.15, -0.1) is 11.8 Å². The molecule has 0 aromatic heterocycles.